The number of anilines is 1. The molecule has 3 aromatic rings. The highest BCUT2D eigenvalue weighted by Gasteiger charge is 2.43. The number of alkyl halides is 2. The molecule has 1 aliphatic heterocycles. The highest BCUT2D eigenvalue weighted by Crippen LogP contribution is 2.44. The second-order valence-corrected chi connectivity index (χ2v) is 6.17. The number of rotatable bonds is 3. The van der Waals surface area contributed by atoms with E-state index < -0.39 is 18.0 Å². The van der Waals surface area contributed by atoms with Crippen molar-refractivity contribution in [1.82, 2.24) is 4.98 Å². The molecule has 1 aromatic heterocycles. The quantitative estimate of drug-likeness (QED) is 0.587. The maximum atomic E-state index is 13.6. The van der Waals surface area contributed by atoms with Gasteiger partial charge in [0, 0.05) is 11.9 Å². The molecule has 156 valence electrons. The van der Waals surface area contributed by atoms with Crippen molar-refractivity contribution in [2.75, 3.05) is 5.32 Å². The number of carbonyl (C=O) groups excluding carboxylic acids is 1. The molecule has 0 aliphatic carbocycles. The highest BCUT2D eigenvalue weighted by atomic mass is 19.3. The van der Waals surface area contributed by atoms with Crippen molar-refractivity contribution >= 4 is 11.6 Å². The Balaban J connectivity index is 0.00000124. The number of amides is 1. The van der Waals surface area contributed by atoms with Gasteiger partial charge in [0.25, 0.3) is 5.91 Å². The Bertz CT molecular complexity index is 1070. The number of aromatic nitrogens is 1. The summed E-state index contributed by atoms with van der Waals surface area (Å²) in [6.07, 6.45) is -1.39. The average Bonchev–Trinajstić information content (AvgIpc) is 3.02. The molecule has 4 rings (SSSR count). The van der Waals surface area contributed by atoms with Gasteiger partial charge < -0.3 is 14.8 Å². The van der Waals surface area contributed by atoms with E-state index in [1.807, 2.05) is 13.8 Å². The number of nitrogens with zero attached hydrogens (tertiary/aromatic N) is 1. The standard InChI is InChI=1S/C20H13F3N2O3.C2H6/c1-11-8-17-18(28-20(22,23)27-17)9-15(11)12-2-4-13(5-3-12)25-19(26)14-6-7-24-10-16(14)21;1-2/h2-10H,1H3,(H,25,26);1-2H3. The average molecular weight is 416 g/mol. The molecule has 2 heterocycles. The Morgan fingerprint density at radius 2 is 1.67 bits per heavy atom. The SMILES string of the molecule is CC.Cc1cc2c(cc1-c1ccc(NC(=O)c3ccncc3F)cc1)OC(F)(F)O2. The number of ether oxygens (including phenoxy) is 2. The van der Waals surface area contributed by atoms with Gasteiger partial charge in [-0.2, -0.15) is 0 Å². The first kappa shape index (κ1) is 21.2. The summed E-state index contributed by atoms with van der Waals surface area (Å²) in [6.45, 7) is 5.76. The van der Waals surface area contributed by atoms with Crippen molar-refractivity contribution in [3.8, 4) is 22.6 Å². The molecule has 8 heteroatoms. The number of hydrogen-bond donors (Lipinski definition) is 1. The van der Waals surface area contributed by atoms with Crippen molar-refractivity contribution in [3.63, 3.8) is 0 Å². The van der Waals surface area contributed by atoms with Gasteiger partial charge in [-0.3, -0.25) is 9.78 Å². The fourth-order valence-electron chi connectivity index (χ4n) is 2.90. The van der Waals surface area contributed by atoms with Crippen LogP contribution in [-0.2, 0) is 0 Å². The number of nitrogens with one attached hydrogen (secondary N) is 1. The van der Waals surface area contributed by atoms with Crippen LogP contribution in [0.4, 0.5) is 18.9 Å². The fourth-order valence-corrected chi connectivity index (χ4v) is 2.90. The number of halogens is 3. The van der Waals surface area contributed by atoms with E-state index in [0.29, 0.717) is 11.3 Å². The van der Waals surface area contributed by atoms with Crippen LogP contribution in [-0.4, -0.2) is 17.2 Å². The van der Waals surface area contributed by atoms with Crippen LogP contribution in [0.25, 0.3) is 11.1 Å². The molecule has 0 spiro atoms. The molecule has 0 fully saturated rings. The topological polar surface area (TPSA) is 60.5 Å². The van der Waals surface area contributed by atoms with Gasteiger partial charge in [-0.1, -0.05) is 26.0 Å². The third-order valence-corrected chi connectivity index (χ3v) is 4.22. The van der Waals surface area contributed by atoms with Gasteiger partial charge in [0.15, 0.2) is 17.3 Å². The molecule has 1 N–H and O–H groups in total. The first-order chi connectivity index (χ1) is 14.3. The maximum absolute atomic E-state index is 13.6. The predicted octanol–water partition coefficient (Wildman–Crippen LogP) is 5.80. The molecule has 0 atom stereocenters. The third-order valence-electron chi connectivity index (χ3n) is 4.22. The lowest BCUT2D eigenvalue weighted by atomic mass is 9.99. The predicted molar refractivity (Wildman–Crippen MR) is 106 cm³/mol. The van der Waals surface area contributed by atoms with Crippen LogP contribution >= 0.6 is 0 Å². The maximum Gasteiger partial charge on any atom is 0.586 e. The molecule has 1 aliphatic rings. The minimum atomic E-state index is -3.68. The third kappa shape index (κ3) is 4.37. The summed E-state index contributed by atoms with van der Waals surface area (Å²) >= 11 is 0. The van der Waals surface area contributed by atoms with Crippen molar-refractivity contribution in [3.05, 3.63) is 71.8 Å². The largest absolute Gasteiger partial charge is 0.586 e. The second kappa shape index (κ2) is 8.44. The zero-order valence-electron chi connectivity index (χ0n) is 16.5. The summed E-state index contributed by atoms with van der Waals surface area (Å²) in [7, 11) is 0. The summed E-state index contributed by atoms with van der Waals surface area (Å²) in [5.74, 6) is -1.38. The molecule has 0 unspecified atom stereocenters. The molecule has 30 heavy (non-hydrogen) atoms. The Morgan fingerprint density at radius 1 is 1.03 bits per heavy atom. The Labute approximate surface area is 171 Å². The van der Waals surface area contributed by atoms with E-state index in [2.05, 4.69) is 19.8 Å². The lowest BCUT2D eigenvalue weighted by Gasteiger charge is -2.10. The van der Waals surface area contributed by atoms with Crippen LogP contribution in [0.15, 0.2) is 54.9 Å². The molecular weight excluding hydrogens is 397 g/mol. The van der Waals surface area contributed by atoms with Crippen LogP contribution in [0.2, 0.25) is 0 Å². The second-order valence-electron chi connectivity index (χ2n) is 6.17. The zero-order valence-corrected chi connectivity index (χ0v) is 16.5. The van der Waals surface area contributed by atoms with Crippen molar-refractivity contribution in [1.29, 1.82) is 0 Å². The van der Waals surface area contributed by atoms with E-state index in [1.165, 1.54) is 24.4 Å². The number of pyridine rings is 1. The van der Waals surface area contributed by atoms with Gasteiger partial charge in [0.2, 0.25) is 0 Å². The Hall–Kier alpha value is -3.55. The summed E-state index contributed by atoms with van der Waals surface area (Å²) in [4.78, 5) is 15.8. The summed E-state index contributed by atoms with van der Waals surface area (Å²) in [5, 5.41) is 2.59. The van der Waals surface area contributed by atoms with E-state index in [-0.39, 0.29) is 17.1 Å². The van der Waals surface area contributed by atoms with Gasteiger partial charge in [-0.15, -0.1) is 8.78 Å². The van der Waals surface area contributed by atoms with Crippen molar-refractivity contribution < 1.29 is 27.4 Å². The molecule has 0 bridgehead atoms. The first-order valence-corrected chi connectivity index (χ1v) is 9.24. The lowest BCUT2D eigenvalue weighted by Crippen LogP contribution is -2.25. The summed E-state index contributed by atoms with van der Waals surface area (Å²) in [5.41, 5.74) is 2.46. The van der Waals surface area contributed by atoms with E-state index in [4.69, 9.17) is 0 Å². The highest BCUT2D eigenvalue weighted by molar-refractivity contribution is 6.04. The van der Waals surface area contributed by atoms with Gasteiger partial charge in [-0.05, 0) is 53.9 Å². The van der Waals surface area contributed by atoms with Crippen LogP contribution in [0.3, 0.4) is 0 Å². The van der Waals surface area contributed by atoms with E-state index >= 15 is 0 Å². The molecule has 0 radical (unpaired) electrons. The van der Waals surface area contributed by atoms with E-state index in [9.17, 15) is 18.0 Å². The van der Waals surface area contributed by atoms with Gasteiger partial charge in [-0.25, -0.2) is 4.39 Å². The van der Waals surface area contributed by atoms with Gasteiger partial charge in [0.05, 0.1) is 11.8 Å². The monoisotopic (exact) mass is 416 g/mol. The minimum absolute atomic E-state index is 0.0190. The number of benzene rings is 2. The summed E-state index contributed by atoms with van der Waals surface area (Å²) in [6, 6.07) is 10.9. The van der Waals surface area contributed by atoms with Gasteiger partial charge >= 0.3 is 6.29 Å². The number of aryl methyl sites for hydroxylation is 1. The Morgan fingerprint density at radius 3 is 2.30 bits per heavy atom. The van der Waals surface area contributed by atoms with E-state index in [0.717, 1.165) is 17.3 Å². The molecule has 0 saturated heterocycles. The fraction of sp³-hybridized carbons (Fsp3) is 0.182. The molecule has 0 saturated carbocycles. The van der Waals surface area contributed by atoms with Crippen molar-refractivity contribution in [2.24, 2.45) is 0 Å². The number of hydrogen-bond acceptors (Lipinski definition) is 4. The number of fused-ring (bicyclic) bond motifs is 1. The Kier molecular flexibility index (Phi) is 5.96. The van der Waals surface area contributed by atoms with Gasteiger partial charge in [0.1, 0.15) is 0 Å². The smallest absolute Gasteiger partial charge is 0.395 e. The lowest BCUT2D eigenvalue weighted by molar-refractivity contribution is -0.286. The van der Waals surface area contributed by atoms with Crippen LogP contribution < -0.4 is 14.8 Å². The summed E-state index contributed by atoms with van der Waals surface area (Å²) < 4.78 is 49.0. The van der Waals surface area contributed by atoms with Crippen LogP contribution in [0, 0.1) is 12.7 Å². The van der Waals surface area contributed by atoms with Crippen molar-refractivity contribution in [2.45, 2.75) is 27.1 Å². The molecule has 2 aromatic carbocycles. The van der Waals surface area contributed by atoms with Crippen LogP contribution in [0.1, 0.15) is 29.8 Å². The van der Waals surface area contributed by atoms with E-state index in [1.54, 1.807) is 31.2 Å². The molecule has 5 nitrogen and oxygen atoms in total. The normalized spacial score (nSPS) is 13.3. The zero-order chi connectivity index (χ0) is 21.9. The van der Waals surface area contributed by atoms with Crippen LogP contribution in [0.5, 0.6) is 11.5 Å². The molecule has 1 amide bonds. The minimum Gasteiger partial charge on any atom is -0.395 e. The first-order valence-electron chi connectivity index (χ1n) is 9.24. The number of carbonyl (C=O) groups is 1. The molecular formula is C22H19F3N2O3.